The van der Waals surface area contributed by atoms with Crippen LogP contribution in [0.25, 0.3) is 0 Å². The van der Waals surface area contributed by atoms with Crippen LogP contribution < -0.4 is 5.32 Å². The predicted octanol–water partition coefficient (Wildman–Crippen LogP) is 2.95. The molecule has 15 heavy (non-hydrogen) atoms. The van der Waals surface area contributed by atoms with E-state index in [4.69, 9.17) is 5.26 Å². The average molecular weight is 202 g/mol. The monoisotopic (exact) mass is 202 g/mol. The molecule has 2 nitrogen and oxygen atoms in total. The highest BCUT2D eigenvalue weighted by Crippen LogP contribution is 2.14. The van der Waals surface area contributed by atoms with Gasteiger partial charge in [-0.15, -0.1) is 0 Å². The van der Waals surface area contributed by atoms with Gasteiger partial charge in [-0.3, -0.25) is 0 Å². The molecule has 0 aliphatic carbocycles. The van der Waals surface area contributed by atoms with Gasteiger partial charge in [0, 0.05) is 12.1 Å². The lowest BCUT2D eigenvalue weighted by Crippen LogP contribution is -2.28. The van der Waals surface area contributed by atoms with Gasteiger partial charge < -0.3 is 5.32 Å². The Kier molecular flexibility index (Phi) is 4.33. The summed E-state index contributed by atoms with van der Waals surface area (Å²) in [5, 5.41) is 12.0. The fourth-order valence-electron chi connectivity index (χ4n) is 1.57. The van der Waals surface area contributed by atoms with Crippen molar-refractivity contribution < 1.29 is 0 Å². The molecular weight excluding hydrogens is 184 g/mol. The Morgan fingerprint density at radius 1 is 1.27 bits per heavy atom. The second-order valence-corrected chi connectivity index (χ2v) is 4.06. The molecule has 0 aliphatic heterocycles. The Bertz CT molecular complexity index is 335. The van der Waals surface area contributed by atoms with E-state index in [9.17, 15) is 0 Å². The average Bonchev–Trinajstić information content (AvgIpc) is 2.18. The minimum Gasteiger partial charge on any atom is -0.307 e. The Labute approximate surface area is 91.9 Å². The van der Waals surface area contributed by atoms with E-state index in [0.717, 1.165) is 0 Å². The smallest absolute Gasteiger partial charge is 0.0638 e. The van der Waals surface area contributed by atoms with E-state index in [1.165, 1.54) is 11.1 Å². The molecule has 1 N–H and O–H groups in total. The zero-order valence-corrected chi connectivity index (χ0v) is 9.62. The zero-order valence-electron chi connectivity index (χ0n) is 9.62. The largest absolute Gasteiger partial charge is 0.307 e. The number of nitrogens with zero attached hydrogens (tertiary/aromatic N) is 1. The molecule has 2 heteroatoms. The molecule has 0 bridgehead atoms. The first-order valence-electron chi connectivity index (χ1n) is 5.33. The molecule has 1 rings (SSSR count). The van der Waals surface area contributed by atoms with Gasteiger partial charge in [0.15, 0.2) is 0 Å². The standard InChI is InChI=1S/C13H18N2/c1-10-4-6-13(7-5-10)12(3)15-11(2)8-9-14/h4-7,11-12,15H,8H2,1-3H3. The normalized spacial score (nSPS) is 14.3. The Hall–Kier alpha value is -1.33. The molecule has 1 aromatic rings. The number of benzene rings is 1. The topological polar surface area (TPSA) is 35.8 Å². The molecule has 0 saturated carbocycles. The van der Waals surface area contributed by atoms with Crippen molar-refractivity contribution >= 4 is 0 Å². The van der Waals surface area contributed by atoms with Crippen molar-refractivity contribution in [3.05, 3.63) is 35.4 Å². The minimum absolute atomic E-state index is 0.242. The van der Waals surface area contributed by atoms with Gasteiger partial charge in [-0.25, -0.2) is 0 Å². The maximum Gasteiger partial charge on any atom is 0.0638 e. The molecule has 2 unspecified atom stereocenters. The van der Waals surface area contributed by atoms with Crippen LogP contribution in [-0.2, 0) is 0 Å². The SMILES string of the molecule is Cc1ccc(C(C)NC(C)CC#N)cc1. The van der Waals surface area contributed by atoms with Crippen LogP contribution in [0, 0.1) is 18.3 Å². The summed E-state index contributed by atoms with van der Waals surface area (Å²) >= 11 is 0. The van der Waals surface area contributed by atoms with E-state index in [-0.39, 0.29) is 6.04 Å². The van der Waals surface area contributed by atoms with E-state index in [0.29, 0.717) is 12.5 Å². The maximum atomic E-state index is 8.57. The van der Waals surface area contributed by atoms with Crippen LogP contribution in [-0.4, -0.2) is 6.04 Å². The lowest BCUT2D eigenvalue weighted by Gasteiger charge is -2.18. The highest BCUT2D eigenvalue weighted by Gasteiger charge is 2.08. The second kappa shape index (κ2) is 5.53. The molecule has 2 atom stereocenters. The maximum absolute atomic E-state index is 8.57. The van der Waals surface area contributed by atoms with E-state index in [1.54, 1.807) is 0 Å². The summed E-state index contributed by atoms with van der Waals surface area (Å²) in [5.41, 5.74) is 2.54. The Morgan fingerprint density at radius 3 is 2.40 bits per heavy atom. The third kappa shape index (κ3) is 3.73. The molecule has 0 radical (unpaired) electrons. The summed E-state index contributed by atoms with van der Waals surface area (Å²) < 4.78 is 0. The van der Waals surface area contributed by atoms with Crippen LogP contribution in [0.15, 0.2) is 24.3 Å². The van der Waals surface area contributed by atoms with Crippen molar-refractivity contribution in [3.63, 3.8) is 0 Å². The summed E-state index contributed by atoms with van der Waals surface area (Å²) in [6.07, 6.45) is 0.552. The Balaban J connectivity index is 2.57. The van der Waals surface area contributed by atoms with Crippen LogP contribution in [0.4, 0.5) is 0 Å². The number of hydrogen-bond acceptors (Lipinski definition) is 2. The van der Waals surface area contributed by atoms with Crippen molar-refractivity contribution in [2.75, 3.05) is 0 Å². The van der Waals surface area contributed by atoms with Gasteiger partial charge in [-0.1, -0.05) is 29.8 Å². The van der Waals surface area contributed by atoms with Gasteiger partial charge in [-0.05, 0) is 26.3 Å². The molecule has 80 valence electrons. The number of nitriles is 1. The van der Waals surface area contributed by atoms with Crippen LogP contribution >= 0.6 is 0 Å². The number of aryl methyl sites for hydroxylation is 1. The summed E-state index contributed by atoms with van der Waals surface area (Å²) in [5.74, 6) is 0. The van der Waals surface area contributed by atoms with Crippen LogP contribution in [0.5, 0.6) is 0 Å². The second-order valence-electron chi connectivity index (χ2n) is 4.06. The summed E-state index contributed by atoms with van der Waals surface area (Å²) in [6, 6.07) is 11.2. The fourth-order valence-corrected chi connectivity index (χ4v) is 1.57. The van der Waals surface area contributed by atoms with Crippen LogP contribution in [0.3, 0.4) is 0 Å². The first kappa shape index (κ1) is 11.7. The predicted molar refractivity (Wildman–Crippen MR) is 62.4 cm³/mol. The molecule has 0 aliphatic rings. The minimum atomic E-state index is 0.242. The summed E-state index contributed by atoms with van der Waals surface area (Å²) in [6.45, 7) is 6.24. The van der Waals surface area contributed by atoms with Crippen LogP contribution in [0.2, 0.25) is 0 Å². The molecule has 0 saturated heterocycles. The first-order chi connectivity index (χ1) is 7.13. The highest BCUT2D eigenvalue weighted by atomic mass is 14.9. The lowest BCUT2D eigenvalue weighted by molar-refractivity contribution is 0.485. The molecule has 0 fully saturated rings. The Morgan fingerprint density at radius 2 is 1.87 bits per heavy atom. The molecule has 0 aromatic heterocycles. The third-order valence-electron chi connectivity index (χ3n) is 2.51. The highest BCUT2D eigenvalue weighted by molar-refractivity contribution is 5.23. The van der Waals surface area contributed by atoms with E-state index >= 15 is 0 Å². The molecule has 0 spiro atoms. The molecule has 0 amide bonds. The molecular formula is C13H18N2. The van der Waals surface area contributed by atoms with Crippen LogP contribution in [0.1, 0.15) is 37.4 Å². The van der Waals surface area contributed by atoms with Crippen molar-refractivity contribution in [3.8, 4) is 6.07 Å². The summed E-state index contributed by atoms with van der Waals surface area (Å²) in [7, 11) is 0. The van der Waals surface area contributed by atoms with Crippen molar-refractivity contribution in [2.24, 2.45) is 0 Å². The fraction of sp³-hybridized carbons (Fsp3) is 0.462. The van der Waals surface area contributed by atoms with Gasteiger partial charge in [0.2, 0.25) is 0 Å². The molecule has 0 heterocycles. The quantitative estimate of drug-likeness (QED) is 0.814. The van der Waals surface area contributed by atoms with Gasteiger partial charge >= 0.3 is 0 Å². The summed E-state index contributed by atoms with van der Waals surface area (Å²) in [4.78, 5) is 0. The third-order valence-corrected chi connectivity index (χ3v) is 2.51. The number of hydrogen-bond donors (Lipinski definition) is 1. The van der Waals surface area contributed by atoms with Gasteiger partial charge in [0.25, 0.3) is 0 Å². The van der Waals surface area contributed by atoms with E-state index < -0.39 is 0 Å². The van der Waals surface area contributed by atoms with Crippen molar-refractivity contribution in [2.45, 2.75) is 39.3 Å². The van der Waals surface area contributed by atoms with E-state index in [2.05, 4.69) is 49.5 Å². The number of rotatable bonds is 4. The number of nitrogens with one attached hydrogen (secondary N) is 1. The van der Waals surface area contributed by atoms with E-state index in [1.807, 2.05) is 6.92 Å². The first-order valence-corrected chi connectivity index (χ1v) is 5.33. The van der Waals surface area contributed by atoms with Crippen molar-refractivity contribution in [1.82, 2.24) is 5.32 Å². The zero-order chi connectivity index (χ0) is 11.3. The van der Waals surface area contributed by atoms with Gasteiger partial charge in [0.1, 0.15) is 0 Å². The molecule has 1 aromatic carbocycles. The van der Waals surface area contributed by atoms with Gasteiger partial charge in [0.05, 0.1) is 12.5 Å². The van der Waals surface area contributed by atoms with Crippen molar-refractivity contribution in [1.29, 1.82) is 5.26 Å². The lowest BCUT2D eigenvalue weighted by atomic mass is 10.1. The van der Waals surface area contributed by atoms with Gasteiger partial charge in [-0.2, -0.15) is 5.26 Å².